The molecule has 0 aliphatic carbocycles. The fourth-order valence-corrected chi connectivity index (χ4v) is 2.21. The van der Waals surface area contributed by atoms with Crippen molar-refractivity contribution in [2.75, 3.05) is 31.6 Å². The summed E-state index contributed by atoms with van der Waals surface area (Å²) in [6, 6.07) is 6.51. The Balaban J connectivity index is 2.00. The van der Waals surface area contributed by atoms with Crippen LogP contribution in [0.2, 0.25) is 0 Å². The van der Waals surface area contributed by atoms with Crippen molar-refractivity contribution in [1.82, 2.24) is 0 Å². The first-order valence-corrected chi connectivity index (χ1v) is 6.48. The molecule has 0 atom stereocenters. The molecule has 3 heteroatoms. The lowest BCUT2D eigenvalue weighted by atomic mass is 10.1. The van der Waals surface area contributed by atoms with Gasteiger partial charge < -0.3 is 15.4 Å². The number of hydrogen-bond donors (Lipinski definition) is 1. The molecule has 1 aromatic carbocycles. The Morgan fingerprint density at radius 3 is 3.06 bits per heavy atom. The molecule has 0 aromatic heterocycles. The standard InChI is InChI=1S/C14H22N2O/c1-16(9-3-2-8-15)13-6-7-14-12(11-13)5-4-10-17-14/h6-7,11H,2-5,8-10,15H2,1H3. The quantitative estimate of drug-likeness (QED) is 0.794. The highest BCUT2D eigenvalue weighted by Crippen LogP contribution is 2.28. The molecule has 1 aromatic rings. The van der Waals surface area contributed by atoms with E-state index in [2.05, 4.69) is 30.1 Å². The van der Waals surface area contributed by atoms with E-state index in [-0.39, 0.29) is 0 Å². The number of hydrogen-bond acceptors (Lipinski definition) is 3. The Morgan fingerprint density at radius 2 is 2.24 bits per heavy atom. The molecule has 1 aliphatic rings. The second-order valence-corrected chi connectivity index (χ2v) is 4.66. The topological polar surface area (TPSA) is 38.5 Å². The fraction of sp³-hybridized carbons (Fsp3) is 0.571. The molecule has 1 aliphatic heterocycles. The number of fused-ring (bicyclic) bond motifs is 1. The summed E-state index contributed by atoms with van der Waals surface area (Å²) >= 11 is 0. The number of nitrogens with zero attached hydrogens (tertiary/aromatic N) is 1. The molecule has 0 unspecified atom stereocenters. The van der Waals surface area contributed by atoms with Crippen LogP contribution in [0.4, 0.5) is 5.69 Å². The number of anilines is 1. The van der Waals surface area contributed by atoms with Gasteiger partial charge in [0, 0.05) is 19.3 Å². The van der Waals surface area contributed by atoms with Gasteiger partial charge in [0.15, 0.2) is 0 Å². The Morgan fingerprint density at radius 1 is 1.35 bits per heavy atom. The second-order valence-electron chi connectivity index (χ2n) is 4.66. The average molecular weight is 234 g/mol. The Hall–Kier alpha value is -1.22. The largest absolute Gasteiger partial charge is 0.493 e. The first-order valence-electron chi connectivity index (χ1n) is 6.48. The SMILES string of the molecule is CN(CCCCN)c1ccc2c(c1)CCCO2. The molecule has 1 heterocycles. The van der Waals surface area contributed by atoms with Crippen LogP contribution < -0.4 is 15.4 Å². The lowest BCUT2D eigenvalue weighted by Gasteiger charge is -2.23. The van der Waals surface area contributed by atoms with E-state index >= 15 is 0 Å². The van der Waals surface area contributed by atoms with Crippen molar-refractivity contribution in [2.24, 2.45) is 5.73 Å². The van der Waals surface area contributed by atoms with E-state index in [0.29, 0.717) is 0 Å². The molecule has 0 saturated heterocycles. The number of rotatable bonds is 5. The predicted molar refractivity (Wildman–Crippen MR) is 71.8 cm³/mol. The summed E-state index contributed by atoms with van der Waals surface area (Å²) in [4.78, 5) is 2.30. The first kappa shape index (κ1) is 12.2. The molecule has 2 N–H and O–H groups in total. The second kappa shape index (κ2) is 5.92. The molecule has 0 saturated carbocycles. The van der Waals surface area contributed by atoms with Crippen molar-refractivity contribution in [3.05, 3.63) is 23.8 Å². The van der Waals surface area contributed by atoms with E-state index in [4.69, 9.17) is 10.5 Å². The van der Waals surface area contributed by atoms with Crippen LogP contribution in [0.5, 0.6) is 5.75 Å². The lowest BCUT2D eigenvalue weighted by Crippen LogP contribution is -2.20. The number of ether oxygens (including phenoxy) is 1. The molecular weight excluding hydrogens is 212 g/mol. The zero-order chi connectivity index (χ0) is 12.1. The minimum atomic E-state index is 0.784. The van der Waals surface area contributed by atoms with Crippen LogP contribution in [0.1, 0.15) is 24.8 Å². The maximum atomic E-state index is 5.62. The van der Waals surface area contributed by atoms with Gasteiger partial charge in [0.2, 0.25) is 0 Å². The summed E-state index contributed by atoms with van der Waals surface area (Å²) in [5.74, 6) is 1.07. The van der Waals surface area contributed by atoms with Crippen molar-refractivity contribution in [2.45, 2.75) is 25.7 Å². The van der Waals surface area contributed by atoms with Gasteiger partial charge in [-0.2, -0.15) is 0 Å². The Labute approximate surface area is 104 Å². The van der Waals surface area contributed by atoms with Crippen LogP contribution >= 0.6 is 0 Å². The minimum absolute atomic E-state index is 0.784. The van der Waals surface area contributed by atoms with Gasteiger partial charge in [-0.05, 0) is 56.0 Å². The molecule has 0 amide bonds. The summed E-state index contributed by atoms with van der Waals surface area (Å²) in [5, 5.41) is 0. The maximum Gasteiger partial charge on any atom is 0.122 e. The van der Waals surface area contributed by atoms with E-state index < -0.39 is 0 Å². The highest BCUT2D eigenvalue weighted by atomic mass is 16.5. The number of benzene rings is 1. The van der Waals surface area contributed by atoms with E-state index in [0.717, 1.165) is 51.1 Å². The first-order chi connectivity index (χ1) is 8.31. The maximum absolute atomic E-state index is 5.62. The summed E-state index contributed by atoms with van der Waals surface area (Å²) in [5.41, 5.74) is 8.14. The molecule has 0 bridgehead atoms. The zero-order valence-electron chi connectivity index (χ0n) is 10.6. The summed E-state index contributed by atoms with van der Waals surface area (Å²) in [6.07, 6.45) is 4.52. The lowest BCUT2D eigenvalue weighted by molar-refractivity contribution is 0.288. The normalized spacial score (nSPS) is 14.0. The van der Waals surface area contributed by atoms with Crippen molar-refractivity contribution < 1.29 is 4.74 Å². The Kier molecular flexibility index (Phi) is 4.26. The van der Waals surface area contributed by atoms with Gasteiger partial charge in [-0.25, -0.2) is 0 Å². The van der Waals surface area contributed by atoms with Crippen LogP contribution in [-0.4, -0.2) is 26.7 Å². The van der Waals surface area contributed by atoms with Crippen molar-refractivity contribution >= 4 is 5.69 Å². The van der Waals surface area contributed by atoms with Gasteiger partial charge >= 0.3 is 0 Å². The van der Waals surface area contributed by atoms with E-state index in [1.165, 1.54) is 11.3 Å². The highest BCUT2D eigenvalue weighted by molar-refractivity contribution is 5.53. The highest BCUT2D eigenvalue weighted by Gasteiger charge is 2.11. The van der Waals surface area contributed by atoms with Gasteiger partial charge in [-0.15, -0.1) is 0 Å². The molecule has 0 fully saturated rings. The van der Waals surface area contributed by atoms with Crippen LogP contribution in [0.3, 0.4) is 0 Å². The zero-order valence-corrected chi connectivity index (χ0v) is 10.6. The van der Waals surface area contributed by atoms with E-state index in [1.807, 2.05) is 0 Å². The van der Waals surface area contributed by atoms with Crippen LogP contribution in [0, 0.1) is 0 Å². The summed E-state index contributed by atoms with van der Waals surface area (Å²) in [6.45, 7) is 2.71. The summed E-state index contributed by atoms with van der Waals surface area (Å²) < 4.78 is 5.62. The Bertz CT molecular complexity index is 365. The van der Waals surface area contributed by atoms with Gasteiger partial charge in [0.25, 0.3) is 0 Å². The molecule has 0 spiro atoms. The fourth-order valence-electron chi connectivity index (χ4n) is 2.21. The van der Waals surface area contributed by atoms with Gasteiger partial charge in [-0.1, -0.05) is 0 Å². The van der Waals surface area contributed by atoms with Crippen LogP contribution in [-0.2, 0) is 6.42 Å². The van der Waals surface area contributed by atoms with Gasteiger partial charge in [0.05, 0.1) is 6.61 Å². The third-order valence-corrected chi connectivity index (χ3v) is 3.28. The third-order valence-electron chi connectivity index (χ3n) is 3.28. The average Bonchev–Trinajstić information content (AvgIpc) is 2.38. The molecule has 0 radical (unpaired) electrons. The van der Waals surface area contributed by atoms with Crippen LogP contribution in [0.25, 0.3) is 0 Å². The van der Waals surface area contributed by atoms with E-state index in [1.54, 1.807) is 0 Å². The molecular formula is C14H22N2O. The van der Waals surface area contributed by atoms with Crippen molar-refractivity contribution in [1.29, 1.82) is 0 Å². The smallest absolute Gasteiger partial charge is 0.122 e. The van der Waals surface area contributed by atoms with E-state index in [9.17, 15) is 0 Å². The molecule has 2 rings (SSSR count). The molecule has 94 valence electrons. The molecule has 17 heavy (non-hydrogen) atoms. The minimum Gasteiger partial charge on any atom is -0.493 e. The molecule has 3 nitrogen and oxygen atoms in total. The number of unbranched alkanes of at least 4 members (excludes halogenated alkanes) is 1. The van der Waals surface area contributed by atoms with Crippen LogP contribution in [0.15, 0.2) is 18.2 Å². The monoisotopic (exact) mass is 234 g/mol. The van der Waals surface area contributed by atoms with Crippen molar-refractivity contribution in [3.63, 3.8) is 0 Å². The number of nitrogens with two attached hydrogens (primary N) is 1. The van der Waals surface area contributed by atoms with Gasteiger partial charge in [0.1, 0.15) is 5.75 Å². The predicted octanol–water partition coefficient (Wildman–Crippen LogP) is 2.19. The third kappa shape index (κ3) is 3.13. The van der Waals surface area contributed by atoms with Crippen molar-refractivity contribution in [3.8, 4) is 5.75 Å². The van der Waals surface area contributed by atoms with Gasteiger partial charge in [-0.3, -0.25) is 0 Å². The summed E-state index contributed by atoms with van der Waals surface area (Å²) in [7, 11) is 2.14. The number of aryl methyl sites for hydroxylation is 1.